The minimum absolute atomic E-state index is 0.0135. The second-order valence-electron chi connectivity index (χ2n) is 8.69. The van der Waals surface area contributed by atoms with Gasteiger partial charge in [-0.2, -0.15) is 13.2 Å². The van der Waals surface area contributed by atoms with Crippen LogP contribution in [0.4, 0.5) is 18.3 Å². The summed E-state index contributed by atoms with van der Waals surface area (Å²) in [4.78, 5) is 17.2. The van der Waals surface area contributed by atoms with Gasteiger partial charge in [0.15, 0.2) is 5.13 Å². The van der Waals surface area contributed by atoms with Gasteiger partial charge >= 0.3 is 6.18 Å². The number of benzene rings is 2. The summed E-state index contributed by atoms with van der Waals surface area (Å²) in [5.41, 5.74) is 2.46. The lowest BCUT2D eigenvalue weighted by atomic mass is 9.86. The Kier molecular flexibility index (Phi) is 6.86. The van der Waals surface area contributed by atoms with Crippen molar-refractivity contribution >= 4 is 44.2 Å². The number of anilines is 1. The molecule has 0 radical (unpaired) electrons. The van der Waals surface area contributed by atoms with E-state index in [0.717, 1.165) is 61.1 Å². The minimum Gasteiger partial charge on any atom is -0.361 e. The highest BCUT2D eigenvalue weighted by Gasteiger charge is 2.32. The molecule has 33 heavy (non-hydrogen) atoms. The molecule has 0 atom stereocenters. The lowest BCUT2D eigenvalue weighted by Crippen LogP contribution is -2.38. The molecule has 2 N–H and O–H groups in total. The molecular formula is C24H25ClF3N3OS. The molecule has 9 heteroatoms. The second kappa shape index (κ2) is 9.50. The standard InChI is InChI=1S/C24H25ClF3N3OS/c1-13-9-20-21(10-14(13)2)33-23(31-20)29-12-15-3-6-17(7-4-15)30-22(32)18-11-16(24(26,27)28)5-8-19(18)25/h5,8-11,15,17H,3-4,6-7,12H2,1-2H3,(H,29,31)(H,30,32). The lowest BCUT2D eigenvalue weighted by Gasteiger charge is -2.29. The van der Waals surface area contributed by atoms with E-state index in [1.54, 1.807) is 11.3 Å². The van der Waals surface area contributed by atoms with Crippen LogP contribution in [0.5, 0.6) is 0 Å². The van der Waals surface area contributed by atoms with Crippen LogP contribution in [0.2, 0.25) is 5.02 Å². The predicted octanol–water partition coefficient (Wildman–Crippen LogP) is 6.99. The maximum atomic E-state index is 13.0. The first-order chi connectivity index (χ1) is 15.6. The zero-order chi connectivity index (χ0) is 23.8. The molecule has 0 saturated heterocycles. The normalized spacial score (nSPS) is 19.0. The van der Waals surface area contributed by atoms with Gasteiger partial charge < -0.3 is 10.6 Å². The van der Waals surface area contributed by atoms with E-state index in [2.05, 4.69) is 41.6 Å². The molecule has 2 aromatic carbocycles. The first-order valence-electron chi connectivity index (χ1n) is 10.9. The number of thiazole rings is 1. The van der Waals surface area contributed by atoms with E-state index in [1.165, 1.54) is 15.8 Å². The zero-order valence-electron chi connectivity index (χ0n) is 18.4. The number of amides is 1. The molecular weight excluding hydrogens is 471 g/mol. The van der Waals surface area contributed by atoms with Crippen LogP contribution < -0.4 is 10.6 Å². The van der Waals surface area contributed by atoms with Gasteiger partial charge in [0.05, 0.1) is 26.4 Å². The van der Waals surface area contributed by atoms with Crippen LogP contribution in [0.3, 0.4) is 0 Å². The molecule has 0 spiro atoms. The zero-order valence-corrected chi connectivity index (χ0v) is 19.9. The van der Waals surface area contributed by atoms with Crippen molar-refractivity contribution in [1.82, 2.24) is 10.3 Å². The maximum absolute atomic E-state index is 13.0. The molecule has 0 unspecified atom stereocenters. The summed E-state index contributed by atoms with van der Waals surface area (Å²) in [7, 11) is 0. The van der Waals surface area contributed by atoms with Crippen LogP contribution in [-0.2, 0) is 6.18 Å². The molecule has 1 aliphatic carbocycles. The Labute approximate surface area is 199 Å². The topological polar surface area (TPSA) is 54.0 Å². The Morgan fingerprint density at radius 2 is 1.82 bits per heavy atom. The third-order valence-electron chi connectivity index (χ3n) is 6.27. The molecule has 1 aliphatic rings. The number of fused-ring (bicyclic) bond motifs is 1. The van der Waals surface area contributed by atoms with E-state index in [0.29, 0.717) is 5.92 Å². The van der Waals surface area contributed by atoms with Crippen molar-refractivity contribution < 1.29 is 18.0 Å². The number of alkyl halides is 3. The number of nitrogens with zero attached hydrogens (tertiary/aromatic N) is 1. The van der Waals surface area contributed by atoms with Crippen LogP contribution in [0.15, 0.2) is 30.3 Å². The third kappa shape index (κ3) is 5.61. The number of hydrogen-bond acceptors (Lipinski definition) is 4. The van der Waals surface area contributed by atoms with E-state index in [1.807, 2.05) is 0 Å². The number of carbonyl (C=O) groups excluding carboxylic acids is 1. The van der Waals surface area contributed by atoms with Crippen molar-refractivity contribution in [3.05, 3.63) is 57.6 Å². The van der Waals surface area contributed by atoms with Crippen LogP contribution in [0, 0.1) is 19.8 Å². The van der Waals surface area contributed by atoms with E-state index < -0.39 is 17.6 Å². The fourth-order valence-corrected chi connectivity index (χ4v) is 5.29. The highest BCUT2D eigenvalue weighted by atomic mass is 35.5. The molecule has 1 aromatic heterocycles. The molecule has 0 aliphatic heterocycles. The van der Waals surface area contributed by atoms with Crippen molar-refractivity contribution in [3.8, 4) is 0 Å². The van der Waals surface area contributed by atoms with Gasteiger partial charge in [-0.1, -0.05) is 22.9 Å². The molecule has 4 rings (SSSR count). The average molecular weight is 496 g/mol. The smallest absolute Gasteiger partial charge is 0.361 e. The van der Waals surface area contributed by atoms with Crippen LogP contribution >= 0.6 is 22.9 Å². The summed E-state index contributed by atoms with van der Waals surface area (Å²) in [5, 5.41) is 7.22. The Hall–Kier alpha value is -2.32. The number of carbonyl (C=O) groups is 1. The summed E-state index contributed by atoms with van der Waals surface area (Å²) in [6.07, 6.45) is -1.15. The van der Waals surface area contributed by atoms with Gasteiger partial charge in [0.2, 0.25) is 0 Å². The number of nitrogens with one attached hydrogen (secondary N) is 2. The summed E-state index contributed by atoms with van der Waals surface area (Å²) >= 11 is 7.63. The maximum Gasteiger partial charge on any atom is 0.416 e. The number of hydrogen-bond donors (Lipinski definition) is 2. The quantitative estimate of drug-likeness (QED) is 0.401. The molecule has 1 fully saturated rings. The van der Waals surface area contributed by atoms with Crippen molar-refractivity contribution in [3.63, 3.8) is 0 Å². The van der Waals surface area contributed by atoms with Gasteiger partial charge in [-0.15, -0.1) is 0 Å². The average Bonchev–Trinajstić information content (AvgIpc) is 3.14. The van der Waals surface area contributed by atoms with Crippen molar-refractivity contribution in [2.24, 2.45) is 5.92 Å². The van der Waals surface area contributed by atoms with Crippen LogP contribution in [-0.4, -0.2) is 23.5 Å². The SMILES string of the molecule is Cc1cc2nc(NCC3CCC(NC(=O)c4cc(C(F)(F)F)ccc4Cl)CC3)sc2cc1C. The van der Waals surface area contributed by atoms with Crippen LogP contribution in [0.25, 0.3) is 10.2 Å². The van der Waals surface area contributed by atoms with Gasteiger partial charge in [0, 0.05) is 12.6 Å². The molecule has 4 nitrogen and oxygen atoms in total. The molecule has 1 saturated carbocycles. The van der Waals surface area contributed by atoms with Crippen molar-refractivity contribution in [1.29, 1.82) is 0 Å². The van der Waals surface area contributed by atoms with E-state index >= 15 is 0 Å². The Morgan fingerprint density at radius 3 is 2.52 bits per heavy atom. The van der Waals surface area contributed by atoms with Gasteiger partial charge in [-0.3, -0.25) is 4.79 Å². The second-order valence-corrected chi connectivity index (χ2v) is 10.1. The predicted molar refractivity (Wildman–Crippen MR) is 127 cm³/mol. The monoisotopic (exact) mass is 495 g/mol. The summed E-state index contributed by atoms with van der Waals surface area (Å²) in [5.74, 6) is -0.112. The molecule has 176 valence electrons. The van der Waals surface area contributed by atoms with Crippen molar-refractivity contribution in [2.45, 2.75) is 51.7 Å². The summed E-state index contributed by atoms with van der Waals surface area (Å²) in [6, 6.07) is 7.01. The fraction of sp³-hybridized carbons (Fsp3) is 0.417. The Morgan fingerprint density at radius 1 is 1.12 bits per heavy atom. The fourth-order valence-electron chi connectivity index (χ4n) is 4.14. The number of halogens is 4. The Bertz CT molecular complexity index is 1130. The van der Waals surface area contributed by atoms with E-state index in [9.17, 15) is 18.0 Å². The van der Waals surface area contributed by atoms with E-state index in [4.69, 9.17) is 11.6 Å². The number of aryl methyl sites for hydroxylation is 2. The lowest BCUT2D eigenvalue weighted by molar-refractivity contribution is -0.137. The molecule has 1 amide bonds. The number of aromatic nitrogens is 1. The highest BCUT2D eigenvalue weighted by Crippen LogP contribution is 2.33. The summed E-state index contributed by atoms with van der Waals surface area (Å²) in [6.45, 7) is 4.98. The minimum atomic E-state index is -4.52. The van der Waals surface area contributed by atoms with Gasteiger partial charge in [0.1, 0.15) is 0 Å². The third-order valence-corrected chi connectivity index (χ3v) is 7.57. The van der Waals surface area contributed by atoms with E-state index in [-0.39, 0.29) is 16.6 Å². The van der Waals surface area contributed by atoms with Crippen LogP contribution in [0.1, 0.15) is 52.7 Å². The van der Waals surface area contributed by atoms with Gasteiger partial charge in [-0.25, -0.2) is 4.98 Å². The molecule has 1 heterocycles. The highest BCUT2D eigenvalue weighted by molar-refractivity contribution is 7.22. The number of rotatable bonds is 5. The van der Waals surface area contributed by atoms with Crippen molar-refractivity contribution in [2.75, 3.05) is 11.9 Å². The molecule has 0 bridgehead atoms. The molecule has 3 aromatic rings. The largest absolute Gasteiger partial charge is 0.416 e. The first-order valence-corrected chi connectivity index (χ1v) is 12.1. The van der Waals surface area contributed by atoms with Gasteiger partial charge in [0.25, 0.3) is 5.91 Å². The summed E-state index contributed by atoms with van der Waals surface area (Å²) < 4.78 is 40.1. The van der Waals surface area contributed by atoms with Gasteiger partial charge in [-0.05, 0) is 86.9 Å². The first kappa shape index (κ1) is 23.8. The Balaban J connectivity index is 1.29.